The number of Topliss-reactive ketones (excluding diaryl/α,β-unsaturated/α-hetero) is 1. The number of hydrogen-bond donors (Lipinski definition) is 0. The van der Waals surface area contributed by atoms with E-state index in [4.69, 9.17) is 0 Å². The molecule has 0 amide bonds. The van der Waals surface area contributed by atoms with Crippen LogP contribution in [0.4, 0.5) is 0 Å². The van der Waals surface area contributed by atoms with Gasteiger partial charge in [-0.1, -0.05) is 41.5 Å². The predicted molar refractivity (Wildman–Crippen MR) is 70.5 cm³/mol. The fraction of sp³-hybridized carbons (Fsp3) is 0.923. The molecule has 0 aliphatic rings. The average Bonchev–Trinajstić information content (AvgIpc) is 2.09. The van der Waals surface area contributed by atoms with E-state index < -0.39 is 0 Å². The van der Waals surface area contributed by atoms with E-state index in [9.17, 15) is 4.79 Å². The second-order valence-corrected chi connectivity index (χ2v) is 7.65. The Labute approximate surface area is 99.4 Å². The van der Waals surface area contributed by atoms with E-state index in [1.54, 1.807) is 0 Å². The second kappa shape index (κ2) is 5.93. The van der Waals surface area contributed by atoms with Crippen LogP contribution in [0, 0.1) is 5.41 Å². The van der Waals surface area contributed by atoms with Crippen LogP contribution < -0.4 is 0 Å². The fourth-order valence-corrected chi connectivity index (χ4v) is 2.41. The van der Waals surface area contributed by atoms with E-state index in [1.165, 1.54) is 0 Å². The molecular weight excluding hydrogens is 204 g/mol. The maximum absolute atomic E-state index is 11.6. The standard InChI is InChI=1S/C13H26OS/c1-7-11(14)13(5,6)9-8-10-15-12(2,3)4/h7-10H2,1-6H3. The van der Waals surface area contributed by atoms with E-state index in [-0.39, 0.29) is 5.41 Å². The van der Waals surface area contributed by atoms with Crippen molar-refractivity contribution in [1.82, 2.24) is 0 Å². The molecule has 15 heavy (non-hydrogen) atoms. The molecule has 0 fully saturated rings. The van der Waals surface area contributed by atoms with Gasteiger partial charge in [0.05, 0.1) is 0 Å². The number of rotatable bonds is 6. The number of carbonyl (C=O) groups is 1. The first-order chi connectivity index (χ1) is 6.69. The van der Waals surface area contributed by atoms with Gasteiger partial charge in [0.2, 0.25) is 0 Å². The first kappa shape index (κ1) is 15.0. The van der Waals surface area contributed by atoms with E-state index in [0.29, 0.717) is 17.0 Å². The predicted octanol–water partition coefficient (Wildman–Crippen LogP) is 4.30. The molecule has 0 atom stereocenters. The molecule has 0 bridgehead atoms. The van der Waals surface area contributed by atoms with Crippen molar-refractivity contribution in [2.24, 2.45) is 5.41 Å². The summed E-state index contributed by atoms with van der Waals surface area (Å²) >= 11 is 1.98. The smallest absolute Gasteiger partial charge is 0.138 e. The molecule has 0 rings (SSSR count). The van der Waals surface area contributed by atoms with Gasteiger partial charge in [-0.2, -0.15) is 11.8 Å². The van der Waals surface area contributed by atoms with Crippen molar-refractivity contribution in [1.29, 1.82) is 0 Å². The lowest BCUT2D eigenvalue weighted by Gasteiger charge is -2.23. The molecule has 0 aromatic carbocycles. The Kier molecular flexibility index (Phi) is 5.94. The van der Waals surface area contributed by atoms with Crippen LogP contribution in [0.15, 0.2) is 0 Å². The molecule has 0 heterocycles. The third-order valence-corrected chi connectivity index (χ3v) is 3.92. The zero-order valence-corrected chi connectivity index (χ0v) is 12.0. The van der Waals surface area contributed by atoms with Crippen molar-refractivity contribution < 1.29 is 4.79 Å². The van der Waals surface area contributed by atoms with E-state index in [0.717, 1.165) is 18.6 Å². The number of ketones is 1. The second-order valence-electron chi connectivity index (χ2n) is 5.73. The first-order valence-corrected chi connectivity index (χ1v) is 6.85. The molecule has 0 aliphatic carbocycles. The van der Waals surface area contributed by atoms with Crippen LogP contribution in [-0.2, 0) is 4.79 Å². The van der Waals surface area contributed by atoms with Crippen molar-refractivity contribution in [3.63, 3.8) is 0 Å². The van der Waals surface area contributed by atoms with Crippen molar-refractivity contribution in [3.05, 3.63) is 0 Å². The Morgan fingerprint density at radius 2 is 1.67 bits per heavy atom. The SMILES string of the molecule is CCC(=O)C(C)(C)CCCSC(C)(C)C. The summed E-state index contributed by atoms with van der Waals surface area (Å²) in [6, 6.07) is 0. The molecule has 1 nitrogen and oxygen atoms in total. The van der Waals surface area contributed by atoms with Gasteiger partial charge in [0.15, 0.2) is 0 Å². The van der Waals surface area contributed by atoms with Crippen molar-refractivity contribution in [2.75, 3.05) is 5.75 Å². The molecule has 0 radical (unpaired) electrons. The lowest BCUT2D eigenvalue weighted by Crippen LogP contribution is -2.23. The number of hydrogen-bond acceptors (Lipinski definition) is 2. The van der Waals surface area contributed by atoms with Gasteiger partial charge >= 0.3 is 0 Å². The van der Waals surface area contributed by atoms with Gasteiger partial charge in [0.25, 0.3) is 0 Å². The maximum Gasteiger partial charge on any atom is 0.138 e. The Morgan fingerprint density at radius 1 is 1.13 bits per heavy atom. The first-order valence-electron chi connectivity index (χ1n) is 5.86. The van der Waals surface area contributed by atoms with Gasteiger partial charge < -0.3 is 0 Å². The lowest BCUT2D eigenvalue weighted by molar-refractivity contribution is -0.127. The van der Waals surface area contributed by atoms with Crippen LogP contribution in [0.1, 0.15) is 60.8 Å². The van der Waals surface area contributed by atoms with Gasteiger partial charge in [0.1, 0.15) is 5.78 Å². The summed E-state index contributed by atoms with van der Waals surface area (Å²) in [5.74, 6) is 1.55. The topological polar surface area (TPSA) is 17.1 Å². The minimum Gasteiger partial charge on any atom is -0.299 e. The molecular formula is C13H26OS. The summed E-state index contributed by atoms with van der Waals surface area (Å²) in [5, 5.41) is 0. The zero-order chi connectivity index (χ0) is 12.1. The molecule has 0 spiro atoms. The molecule has 0 aliphatic heterocycles. The highest BCUT2D eigenvalue weighted by molar-refractivity contribution is 8.00. The summed E-state index contributed by atoms with van der Waals surface area (Å²) in [6.45, 7) is 12.8. The van der Waals surface area contributed by atoms with E-state index in [1.807, 2.05) is 18.7 Å². The van der Waals surface area contributed by atoms with Crippen molar-refractivity contribution in [2.45, 2.75) is 65.6 Å². The Hall–Kier alpha value is 0.0200. The summed E-state index contributed by atoms with van der Waals surface area (Å²) in [7, 11) is 0. The number of carbonyl (C=O) groups excluding carboxylic acids is 1. The summed E-state index contributed by atoms with van der Waals surface area (Å²) in [5.41, 5.74) is -0.118. The molecule has 0 N–H and O–H groups in total. The van der Waals surface area contributed by atoms with Crippen LogP contribution in [0.2, 0.25) is 0 Å². The normalized spacial score (nSPS) is 12.9. The molecule has 90 valence electrons. The highest BCUT2D eigenvalue weighted by Crippen LogP contribution is 2.29. The quantitative estimate of drug-likeness (QED) is 0.633. The van der Waals surface area contributed by atoms with Gasteiger partial charge in [-0.25, -0.2) is 0 Å². The van der Waals surface area contributed by atoms with Crippen LogP contribution in [0.25, 0.3) is 0 Å². The lowest BCUT2D eigenvalue weighted by atomic mass is 9.82. The molecule has 0 aromatic heterocycles. The molecule has 0 aromatic rings. The summed E-state index contributed by atoms with van der Waals surface area (Å²) in [4.78, 5) is 11.6. The highest BCUT2D eigenvalue weighted by atomic mass is 32.2. The average molecular weight is 230 g/mol. The third kappa shape index (κ3) is 6.99. The van der Waals surface area contributed by atoms with Crippen molar-refractivity contribution in [3.8, 4) is 0 Å². The molecule has 0 saturated carbocycles. The zero-order valence-electron chi connectivity index (χ0n) is 11.1. The van der Waals surface area contributed by atoms with Crippen molar-refractivity contribution >= 4 is 17.5 Å². The monoisotopic (exact) mass is 230 g/mol. The van der Waals surface area contributed by atoms with Crippen LogP contribution in [0.3, 0.4) is 0 Å². The highest BCUT2D eigenvalue weighted by Gasteiger charge is 2.25. The summed E-state index contributed by atoms with van der Waals surface area (Å²) < 4.78 is 0.346. The van der Waals surface area contributed by atoms with E-state index in [2.05, 4.69) is 34.6 Å². The maximum atomic E-state index is 11.6. The van der Waals surface area contributed by atoms with Gasteiger partial charge in [-0.15, -0.1) is 0 Å². The van der Waals surface area contributed by atoms with Gasteiger partial charge in [0, 0.05) is 16.6 Å². The van der Waals surface area contributed by atoms with Crippen LogP contribution in [0.5, 0.6) is 0 Å². The Morgan fingerprint density at radius 3 is 2.07 bits per heavy atom. The number of thioether (sulfide) groups is 1. The molecule has 0 unspecified atom stereocenters. The largest absolute Gasteiger partial charge is 0.299 e. The Bertz CT molecular complexity index is 201. The molecule has 0 saturated heterocycles. The van der Waals surface area contributed by atoms with Gasteiger partial charge in [-0.05, 0) is 18.6 Å². The minimum absolute atomic E-state index is 0.118. The fourth-order valence-electron chi connectivity index (χ4n) is 1.51. The van der Waals surface area contributed by atoms with Crippen LogP contribution >= 0.6 is 11.8 Å². The summed E-state index contributed by atoms with van der Waals surface area (Å²) in [6.07, 6.45) is 2.82. The Balaban J connectivity index is 3.81. The van der Waals surface area contributed by atoms with E-state index >= 15 is 0 Å². The minimum atomic E-state index is -0.118. The van der Waals surface area contributed by atoms with Crippen LogP contribution in [-0.4, -0.2) is 16.3 Å². The molecule has 2 heteroatoms. The van der Waals surface area contributed by atoms with Gasteiger partial charge in [-0.3, -0.25) is 4.79 Å². The third-order valence-electron chi connectivity index (χ3n) is 2.56.